The average molecular weight is 594 g/mol. The van der Waals surface area contributed by atoms with E-state index in [1.165, 1.54) is 11.6 Å². The first-order valence-electron chi connectivity index (χ1n) is 14.4. The van der Waals surface area contributed by atoms with Crippen molar-refractivity contribution in [3.8, 4) is 5.88 Å². The number of nitrogens with one attached hydrogen (secondary N) is 2. The van der Waals surface area contributed by atoms with Crippen LogP contribution in [0.1, 0.15) is 69.4 Å². The summed E-state index contributed by atoms with van der Waals surface area (Å²) in [6.07, 6.45) is 5.25. The van der Waals surface area contributed by atoms with Crippen LogP contribution in [0.25, 0.3) is 0 Å². The summed E-state index contributed by atoms with van der Waals surface area (Å²) < 4.78 is 46.1. The van der Waals surface area contributed by atoms with Crippen molar-refractivity contribution in [2.75, 3.05) is 25.0 Å². The molecule has 1 aliphatic carbocycles. The van der Waals surface area contributed by atoms with E-state index in [0.717, 1.165) is 81.8 Å². The molecular weight excluding hydrogens is 555 g/mol. The standard InChI is InChI=1S/C29H38F3N5O3S/c1-2-14-34-28(41)36-16-12-20(13-17-36)3-4-21-11-15-33-27(18-21)40-24-8-5-22(6-9-24)35-23-7-10-26(37(38)39)25(19-23)29(30,31)32/h7,10-11,15,18-20,22,24,35H,2-6,8-9,12-14,16-17H2,1H3,(H,34,41). The minimum absolute atomic E-state index is 0.0205. The molecule has 0 unspecified atom stereocenters. The van der Waals surface area contributed by atoms with Crippen LogP contribution in [0.2, 0.25) is 0 Å². The highest BCUT2D eigenvalue weighted by Crippen LogP contribution is 2.38. The number of pyridine rings is 1. The molecule has 1 aliphatic heterocycles. The number of benzene rings is 1. The van der Waals surface area contributed by atoms with Crippen LogP contribution in [0, 0.1) is 16.0 Å². The Morgan fingerprint density at radius 3 is 2.54 bits per heavy atom. The number of likely N-dealkylation sites (tertiary alicyclic amines) is 1. The van der Waals surface area contributed by atoms with Crippen molar-refractivity contribution in [3.63, 3.8) is 0 Å². The van der Waals surface area contributed by atoms with Gasteiger partial charge in [0.1, 0.15) is 11.7 Å². The fourth-order valence-electron chi connectivity index (χ4n) is 5.55. The minimum Gasteiger partial charge on any atom is -0.474 e. The molecule has 8 nitrogen and oxygen atoms in total. The number of nitrogens with zero attached hydrogens (tertiary/aromatic N) is 3. The van der Waals surface area contributed by atoms with Gasteiger partial charge in [-0.1, -0.05) is 6.92 Å². The SMILES string of the molecule is CCCNC(=S)N1CCC(CCc2ccnc(OC3CCC(Nc4ccc([N+](=O)[O-])c(C(F)(F)F)c4)CC3)c2)CC1. The van der Waals surface area contributed by atoms with Gasteiger partial charge in [0.2, 0.25) is 5.88 Å². The molecule has 12 heteroatoms. The fourth-order valence-corrected chi connectivity index (χ4v) is 5.84. The normalized spacial score (nSPS) is 20.0. The van der Waals surface area contributed by atoms with Gasteiger partial charge in [0.15, 0.2) is 5.11 Å². The van der Waals surface area contributed by atoms with E-state index in [0.29, 0.717) is 24.6 Å². The molecule has 2 aliphatic rings. The summed E-state index contributed by atoms with van der Waals surface area (Å²) in [5.41, 5.74) is -0.764. The van der Waals surface area contributed by atoms with E-state index in [1.54, 1.807) is 6.20 Å². The lowest BCUT2D eigenvalue weighted by atomic mass is 9.91. The number of hydrogen-bond acceptors (Lipinski definition) is 6. The van der Waals surface area contributed by atoms with Gasteiger partial charge in [0, 0.05) is 49.7 Å². The average Bonchev–Trinajstić information content (AvgIpc) is 2.96. The minimum atomic E-state index is -4.80. The Hall–Kier alpha value is -3.15. The predicted octanol–water partition coefficient (Wildman–Crippen LogP) is 6.74. The highest BCUT2D eigenvalue weighted by Gasteiger charge is 2.38. The molecule has 4 rings (SSSR count). The summed E-state index contributed by atoms with van der Waals surface area (Å²) in [6, 6.07) is 7.06. The van der Waals surface area contributed by atoms with Gasteiger partial charge in [-0.15, -0.1) is 0 Å². The smallest absolute Gasteiger partial charge is 0.423 e. The maximum atomic E-state index is 13.3. The molecular formula is C29H38F3N5O3S. The highest BCUT2D eigenvalue weighted by atomic mass is 32.1. The molecule has 0 radical (unpaired) electrons. The van der Waals surface area contributed by atoms with Gasteiger partial charge >= 0.3 is 6.18 Å². The molecule has 1 aromatic heterocycles. The van der Waals surface area contributed by atoms with Gasteiger partial charge < -0.3 is 20.3 Å². The van der Waals surface area contributed by atoms with Crippen LogP contribution in [0.4, 0.5) is 24.5 Å². The topological polar surface area (TPSA) is 92.6 Å². The maximum absolute atomic E-state index is 13.3. The Labute approximate surface area is 244 Å². The maximum Gasteiger partial charge on any atom is 0.423 e. The van der Waals surface area contributed by atoms with Gasteiger partial charge in [-0.05, 0) is 99.7 Å². The molecule has 0 atom stereocenters. The van der Waals surface area contributed by atoms with Crippen molar-refractivity contribution in [1.82, 2.24) is 15.2 Å². The van der Waals surface area contributed by atoms with Gasteiger partial charge in [-0.3, -0.25) is 10.1 Å². The number of anilines is 1. The van der Waals surface area contributed by atoms with Crippen LogP contribution in [0.3, 0.4) is 0 Å². The molecule has 2 N–H and O–H groups in total. The van der Waals surface area contributed by atoms with E-state index in [2.05, 4.69) is 27.4 Å². The lowest BCUT2D eigenvalue weighted by Gasteiger charge is -2.34. The van der Waals surface area contributed by atoms with Crippen LogP contribution in [0.5, 0.6) is 5.88 Å². The zero-order valence-electron chi connectivity index (χ0n) is 23.3. The number of aryl methyl sites for hydroxylation is 1. The molecule has 0 spiro atoms. The summed E-state index contributed by atoms with van der Waals surface area (Å²) in [5.74, 6) is 1.27. The molecule has 224 valence electrons. The number of halogens is 3. The van der Waals surface area contributed by atoms with Gasteiger partial charge in [-0.2, -0.15) is 13.2 Å². The lowest BCUT2D eigenvalue weighted by Crippen LogP contribution is -2.44. The summed E-state index contributed by atoms with van der Waals surface area (Å²) in [4.78, 5) is 16.7. The van der Waals surface area contributed by atoms with Crippen molar-refractivity contribution in [1.29, 1.82) is 0 Å². The second-order valence-electron chi connectivity index (χ2n) is 10.9. The second-order valence-corrected chi connectivity index (χ2v) is 11.3. The first kappa shape index (κ1) is 30.8. The molecule has 0 amide bonds. The Morgan fingerprint density at radius 2 is 1.88 bits per heavy atom. The monoisotopic (exact) mass is 593 g/mol. The Kier molecular flexibility index (Phi) is 10.6. The van der Waals surface area contributed by atoms with Crippen molar-refractivity contribution in [2.45, 2.75) is 83.0 Å². The number of thiocarbonyl (C=S) groups is 1. The van der Waals surface area contributed by atoms with E-state index in [9.17, 15) is 23.3 Å². The second kappa shape index (κ2) is 14.2. The van der Waals surface area contributed by atoms with Crippen LogP contribution >= 0.6 is 12.2 Å². The number of piperidine rings is 1. The van der Waals surface area contributed by atoms with Gasteiger partial charge in [-0.25, -0.2) is 4.98 Å². The number of ether oxygens (including phenoxy) is 1. The molecule has 2 heterocycles. The van der Waals surface area contributed by atoms with E-state index >= 15 is 0 Å². The van der Waals surface area contributed by atoms with Crippen LogP contribution in [-0.4, -0.2) is 51.7 Å². The Morgan fingerprint density at radius 1 is 1.15 bits per heavy atom. The van der Waals surface area contributed by atoms with E-state index in [-0.39, 0.29) is 17.8 Å². The third kappa shape index (κ3) is 8.92. The van der Waals surface area contributed by atoms with E-state index in [4.69, 9.17) is 17.0 Å². The van der Waals surface area contributed by atoms with Crippen LogP contribution in [-0.2, 0) is 12.6 Å². The molecule has 41 heavy (non-hydrogen) atoms. The molecule has 1 saturated carbocycles. The number of nitro benzene ring substituents is 1. The Balaban J connectivity index is 1.21. The zero-order chi connectivity index (χ0) is 29.4. The molecule has 2 fully saturated rings. The third-order valence-corrected chi connectivity index (χ3v) is 8.30. The Bertz CT molecular complexity index is 1180. The summed E-state index contributed by atoms with van der Waals surface area (Å²) in [5, 5.41) is 18.3. The summed E-state index contributed by atoms with van der Waals surface area (Å²) in [7, 11) is 0. The molecule has 2 aromatic rings. The molecule has 1 aromatic carbocycles. The zero-order valence-corrected chi connectivity index (χ0v) is 24.1. The van der Waals surface area contributed by atoms with E-state index in [1.807, 2.05) is 12.1 Å². The number of hydrogen-bond donors (Lipinski definition) is 2. The summed E-state index contributed by atoms with van der Waals surface area (Å²) in [6.45, 7) is 5.04. The quantitative estimate of drug-likeness (QED) is 0.178. The fraction of sp³-hybridized carbons (Fsp3) is 0.586. The van der Waals surface area contributed by atoms with Crippen molar-refractivity contribution >= 4 is 28.7 Å². The summed E-state index contributed by atoms with van der Waals surface area (Å²) >= 11 is 5.50. The van der Waals surface area contributed by atoms with Crippen molar-refractivity contribution < 1.29 is 22.8 Å². The van der Waals surface area contributed by atoms with Crippen LogP contribution < -0.4 is 15.4 Å². The lowest BCUT2D eigenvalue weighted by molar-refractivity contribution is -0.388. The largest absolute Gasteiger partial charge is 0.474 e. The third-order valence-electron chi connectivity index (χ3n) is 7.90. The number of rotatable bonds is 10. The number of aromatic nitrogens is 1. The van der Waals surface area contributed by atoms with E-state index < -0.39 is 22.4 Å². The van der Waals surface area contributed by atoms with Gasteiger partial charge in [0.25, 0.3) is 5.69 Å². The molecule has 0 bridgehead atoms. The first-order valence-corrected chi connectivity index (χ1v) is 14.8. The predicted molar refractivity (Wildman–Crippen MR) is 156 cm³/mol. The number of alkyl halides is 3. The first-order chi connectivity index (χ1) is 19.6. The van der Waals surface area contributed by atoms with Crippen LogP contribution in [0.15, 0.2) is 36.5 Å². The highest BCUT2D eigenvalue weighted by molar-refractivity contribution is 7.80. The molecule has 1 saturated heterocycles. The van der Waals surface area contributed by atoms with Crippen molar-refractivity contribution in [3.05, 3.63) is 57.8 Å². The van der Waals surface area contributed by atoms with Gasteiger partial charge in [0.05, 0.1) is 4.92 Å². The number of nitro groups is 1. The van der Waals surface area contributed by atoms with Crippen molar-refractivity contribution in [2.24, 2.45) is 5.92 Å².